The zero-order valence-corrected chi connectivity index (χ0v) is 16.6. The van der Waals surface area contributed by atoms with Crippen molar-refractivity contribution in [1.29, 1.82) is 0 Å². The van der Waals surface area contributed by atoms with Crippen LogP contribution in [0.1, 0.15) is 23.5 Å². The standard InChI is InChI=1S/C20H24N6O2/c1-13-10-21-20(24-18(13)19-22-12-23-25(19)2)26-8-7-14(11-26)16-9-15(27-3)5-6-17(16)28-4/h5-6,9-10,12,14H,7-8,11H2,1-4H3/t14-/m1/s1. The van der Waals surface area contributed by atoms with Crippen LogP contribution in [-0.4, -0.2) is 52.0 Å². The lowest BCUT2D eigenvalue weighted by atomic mass is 9.97. The van der Waals surface area contributed by atoms with Crippen molar-refractivity contribution in [3.8, 4) is 23.0 Å². The first kappa shape index (κ1) is 18.2. The molecule has 1 atom stereocenters. The molecule has 146 valence electrons. The molecule has 0 amide bonds. The summed E-state index contributed by atoms with van der Waals surface area (Å²) in [5, 5.41) is 4.15. The lowest BCUT2D eigenvalue weighted by Gasteiger charge is -2.19. The van der Waals surface area contributed by atoms with E-state index in [1.54, 1.807) is 18.9 Å². The Kier molecular flexibility index (Phi) is 4.85. The summed E-state index contributed by atoms with van der Waals surface area (Å²) in [7, 11) is 5.25. The van der Waals surface area contributed by atoms with Crippen LogP contribution in [0.25, 0.3) is 11.5 Å². The van der Waals surface area contributed by atoms with Gasteiger partial charge in [-0.15, -0.1) is 0 Å². The van der Waals surface area contributed by atoms with Crippen LogP contribution >= 0.6 is 0 Å². The molecule has 1 aliphatic heterocycles. The molecular weight excluding hydrogens is 356 g/mol. The van der Waals surface area contributed by atoms with Crippen LogP contribution in [0.2, 0.25) is 0 Å². The Morgan fingerprint density at radius 1 is 1.14 bits per heavy atom. The van der Waals surface area contributed by atoms with E-state index < -0.39 is 0 Å². The first-order valence-corrected chi connectivity index (χ1v) is 9.25. The first-order chi connectivity index (χ1) is 13.6. The Morgan fingerprint density at radius 3 is 2.71 bits per heavy atom. The van der Waals surface area contributed by atoms with Crippen molar-refractivity contribution in [1.82, 2.24) is 24.7 Å². The molecule has 1 aromatic carbocycles. The van der Waals surface area contributed by atoms with Crippen molar-refractivity contribution >= 4 is 5.95 Å². The maximum absolute atomic E-state index is 5.57. The molecule has 0 bridgehead atoms. The number of rotatable bonds is 5. The SMILES string of the molecule is COc1ccc(OC)c([C@@H]2CCN(c3ncc(C)c(-c4ncnn4C)n3)C2)c1. The number of ether oxygens (including phenoxy) is 2. The lowest BCUT2D eigenvalue weighted by Crippen LogP contribution is -2.22. The molecular formula is C20H24N6O2. The van der Waals surface area contributed by atoms with Crippen molar-refractivity contribution in [3.63, 3.8) is 0 Å². The highest BCUT2D eigenvalue weighted by Gasteiger charge is 2.28. The second-order valence-corrected chi connectivity index (χ2v) is 6.95. The van der Waals surface area contributed by atoms with Gasteiger partial charge in [-0.3, -0.25) is 0 Å². The summed E-state index contributed by atoms with van der Waals surface area (Å²) in [6.07, 6.45) is 4.39. The summed E-state index contributed by atoms with van der Waals surface area (Å²) in [5.41, 5.74) is 2.95. The predicted octanol–water partition coefficient (Wildman–Crippen LogP) is 2.59. The third-order valence-electron chi connectivity index (χ3n) is 5.23. The van der Waals surface area contributed by atoms with Gasteiger partial charge in [0, 0.05) is 37.8 Å². The zero-order chi connectivity index (χ0) is 19.7. The number of methoxy groups -OCH3 is 2. The van der Waals surface area contributed by atoms with Crippen LogP contribution < -0.4 is 14.4 Å². The smallest absolute Gasteiger partial charge is 0.226 e. The molecule has 3 aromatic rings. The highest BCUT2D eigenvalue weighted by Crippen LogP contribution is 2.37. The zero-order valence-electron chi connectivity index (χ0n) is 16.6. The third kappa shape index (κ3) is 3.26. The molecule has 2 aromatic heterocycles. The van der Waals surface area contributed by atoms with E-state index >= 15 is 0 Å². The molecule has 1 aliphatic rings. The highest BCUT2D eigenvalue weighted by molar-refractivity contribution is 5.56. The Bertz CT molecular complexity index is 987. The number of hydrogen-bond acceptors (Lipinski definition) is 7. The average molecular weight is 380 g/mol. The molecule has 1 saturated heterocycles. The van der Waals surface area contributed by atoms with Crippen molar-refractivity contribution < 1.29 is 9.47 Å². The highest BCUT2D eigenvalue weighted by atomic mass is 16.5. The summed E-state index contributed by atoms with van der Waals surface area (Å²) >= 11 is 0. The average Bonchev–Trinajstić information content (AvgIpc) is 3.37. The predicted molar refractivity (Wildman–Crippen MR) is 106 cm³/mol. The molecule has 0 radical (unpaired) electrons. The number of nitrogens with zero attached hydrogens (tertiary/aromatic N) is 6. The fourth-order valence-electron chi connectivity index (χ4n) is 3.68. The summed E-state index contributed by atoms with van der Waals surface area (Å²) < 4.78 is 12.7. The molecule has 1 fully saturated rings. The molecule has 0 unspecified atom stereocenters. The molecule has 0 spiro atoms. The Labute approximate surface area is 164 Å². The Morgan fingerprint density at radius 2 is 2.00 bits per heavy atom. The number of benzene rings is 1. The van der Waals surface area contributed by atoms with Crippen LogP contribution in [0.3, 0.4) is 0 Å². The van der Waals surface area contributed by atoms with E-state index in [0.29, 0.717) is 11.9 Å². The van der Waals surface area contributed by atoms with Gasteiger partial charge in [0.15, 0.2) is 5.82 Å². The minimum absolute atomic E-state index is 0.327. The molecule has 8 heteroatoms. The van der Waals surface area contributed by atoms with Gasteiger partial charge in [0.25, 0.3) is 0 Å². The van der Waals surface area contributed by atoms with Crippen LogP contribution in [0.15, 0.2) is 30.7 Å². The molecule has 3 heterocycles. The normalized spacial score (nSPS) is 16.4. The van der Waals surface area contributed by atoms with Gasteiger partial charge in [0.05, 0.1) is 14.2 Å². The van der Waals surface area contributed by atoms with Crippen molar-refractivity contribution in [2.24, 2.45) is 7.05 Å². The molecule has 28 heavy (non-hydrogen) atoms. The van der Waals surface area contributed by atoms with E-state index in [9.17, 15) is 0 Å². The van der Waals surface area contributed by atoms with Crippen LogP contribution in [-0.2, 0) is 7.05 Å². The van der Waals surface area contributed by atoms with E-state index in [-0.39, 0.29) is 0 Å². The van der Waals surface area contributed by atoms with Crippen molar-refractivity contribution in [2.45, 2.75) is 19.3 Å². The molecule has 0 aliphatic carbocycles. The van der Waals surface area contributed by atoms with Gasteiger partial charge in [-0.2, -0.15) is 5.10 Å². The number of anilines is 1. The van der Waals surface area contributed by atoms with E-state index in [1.165, 1.54) is 6.33 Å². The van der Waals surface area contributed by atoms with Gasteiger partial charge < -0.3 is 14.4 Å². The summed E-state index contributed by atoms with van der Waals surface area (Å²) in [5.74, 6) is 3.51. The van der Waals surface area contributed by atoms with Crippen molar-refractivity contribution in [2.75, 3.05) is 32.2 Å². The number of aryl methyl sites for hydroxylation is 2. The summed E-state index contributed by atoms with van der Waals surface area (Å²) in [4.78, 5) is 15.9. The summed E-state index contributed by atoms with van der Waals surface area (Å²) in [6, 6.07) is 5.95. The lowest BCUT2D eigenvalue weighted by molar-refractivity contribution is 0.396. The van der Waals surface area contributed by atoms with Crippen LogP contribution in [0, 0.1) is 6.92 Å². The largest absolute Gasteiger partial charge is 0.497 e. The maximum atomic E-state index is 5.57. The monoisotopic (exact) mass is 380 g/mol. The van der Waals surface area contributed by atoms with Gasteiger partial charge in [-0.05, 0) is 37.1 Å². The number of aromatic nitrogens is 5. The Hall–Kier alpha value is -3.16. The van der Waals surface area contributed by atoms with E-state index in [2.05, 4.69) is 26.0 Å². The quantitative estimate of drug-likeness (QED) is 0.673. The van der Waals surface area contributed by atoms with E-state index in [1.807, 2.05) is 32.3 Å². The van der Waals surface area contributed by atoms with E-state index in [4.69, 9.17) is 14.5 Å². The van der Waals surface area contributed by atoms with Gasteiger partial charge in [0.1, 0.15) is 23.5 Å². The van der Waals surface area contributed by atoms with Crippen LogP contribution in [0.4, 0.5) is 5.95 Å². The third-order valence-corrected chi connectivity index (χ3v) is 5.23. The van der Waals surface area contributed by atoms with Gasteiger partial charge in [0.2, 0.25) is 5.95 Å². The number of hydrogen-bond donors (Lipinski definition) is 0. The first-order valence-electron chi connectivity index (χ1n) is 9.25. The fourth-order valence-corrected chi connectivity index (χ4v) is 3.68. The second-order valence-electron chi connectivity index (χ2n) is 6.95. The van der Waals surface area contributed by atoms with Crippen LogP contribution in [0.5, 0.6) is 11.5 Å². The Balaban J connectivity index is 1.61. The topological polar surface area (TPSA) is 78.2 Å². The second kappa shape index (κ2) is 7.46. The minimum atomic E-state index is 0.327. The minimum Gasteiger partial charge on any atom is -0.497 e. The molecule has 8 nitrogen and oxygen atoms in total. The maximum Gasteiger partial charge on any atom is 0.226 e. The van der Waals surface area contributed by atoms with Gasteiger partial charge in [-0.1, -0.05) is 0 Å². The molecule has 0 N–H and O–H groups in total. The van der Waals surface area contributed by atoms with Gasteiger partial charge >= 0.3 is 0 Å². The van der Waals surface area contributed by atoms with Crippen molar-refractivity contribution in [3.05, 3.63) is 41.9 Å². The fraction of sp³-hybridized carbons (Fsp3) is 0.400. The van der Waals surface area contributed by atoms with E-state index in [0.717, 1.165) is 53.7 Å². The van der Waals surface area contributed by atoms with Gasteiger partial charge in [-0.25, -0.2) is 19.6 Å². The molecule has 0 saturated carbocycles. The summed E-state index contributed by atoms with van der Waals surface area (Å²) in [6.45, 7) is 3.69. The molecule has 4 rings (SSSR count).